The predicted molar refractivity (Wildman–Crippen MR) is 120 cm³/mol. The van der Waals surface area contributed by atoms with E-state index in [1.54, 1.807) is 6.92 Å². The van der Waals surface area contributed by atoms with Gasteiger partial charge in [0.05, 0.1) is 25.2 Å². The van der Waals surface area contributed by atoms with E-state index in [2.05, 4.69) is 10.6 Å². The number of hydrogen-bond donors (Lipinski definition) is 5. The first-order chi connectivity index (χ1) is 15.8. The van der Waals surface area contributed by atoms with Crippen molar-refractivity contribution in [3.8, 4) is 11.1 Å². The molecular formula is C24H28N2O7. The van der Waals surface area contributed by atoms with Crippen molar-refractivity contribution in [1.82, 2.24) is 10.6 Å². The van der Waals surface area contributed by atoms with Crippen molar-refractivity contribution in [3.63, 3.8) is 0 Å². The van der Waals surface area contributed by atoms with E-state index in [4.69, 9.17) is 9.84 Å². The van der Waals surface area contributed by atoms with Crippen LogP contribution in [0.3, 0.4) is 0 Å². The van der Waals surface area contributed by atoms with Crippen LogP contribution in [0.2, 0.25) is 0 Å². The molecule has 3 rings (SSSR count). The number of aliphatic hydroxyl groups excluding tert-OH is 2. The summed E-state index contributed by atoms with van der Waals surface area (Å²) in [5.41, 5.74) is 2.84. The summed E-state index contributed by atoms with van der Waals surface area (Å²) < 4.78 is 5.39. The third-order valence-corrected chi connectivity index (χ3v) is 6.00. The van der Waals surface area contributed by atoms with Crippen LogP contribution in [0.25, 0.3) is 11.1 Å². The summed E-state index contributed by atoms with van der Waals surface area (Å²) in [6, 6.07) is 14.2. The van der Waals surface area contributed by atoms with Crippen molar-refractivity contribution in [2.75, 3.05) is 19.8 Å². The number of benzene rings is 2. The van der Waals surface area contributed by atoms with E-state index in [-0.39, 0.29) is 18.9 Å². The lowest BCUT2D eigenvalue weighted by molar-refractivity contribution is -0.140. The SMILES string of the molecule is CCC(CO)(CO)NC(=O)C(CC(=O)O)NC(=O)OCC1c2ccccc2-c2ccccc21. The molecule has 0 saturated heterocycles. The summed E-state index contributed by atoms with van der Waals surface area (Å²) >= 11 is 0. The lowest BCUT2D eigenvalue weighted by Gasteiger charge is -2.31. The third kappa shape index (κ3) is 5.32. The lowest BCUT2D eigenvalue weighted by Crippen LogP contribution is -2.59. The molecule has 1 unspecified atom stereocenters. The number of fused-ring (bicyclic) bond motifs is 3. The molecule has 0 aromatic heterocycles. The van der Waals surface area contributed by atoms with Gasteiger partial charge in [-0.2, -0.15) is 0 Å². The second-order valence-electron chi connectivity index (χ2n) is 8.06. The van der Waals surface area contributed by atoms with Gasteiger partial charge in [0.1, 0.15) is 12.6 Å². The molecule has 0 heterocycles. The Labute approximate surface area is 191 Å². The van der Waals surface area contributed by atoms with Crippen molar-refractivity contribution in [1.29, 1.82) is 0 Å². The molecule has 33 heavy (non-hydrogen) atoms. The van der Waals surface area contributed by atoms with Crippen LogP contribution in [0, 0.1) is 0 Å². The number of amides is 2. The molecule has 0 radical (unpaired) electrons. The van der Waals surface area contributed by atoms with Crippen LogP contribution in [0.5, 0.6) is 0 Å². The predicted octanol–water partition coefficient (Wildman–Crippen LogP) is 1.62. The highest BCUT2D eigenvalue weighted by molar-refractivity contribution is 5.89. The summed E-state index contributed by atoms with van der Waals surface area (Å²) in [7, 11) is 0. The normalized spacial score (nSPS) is 13.5. The van der Waals surface area contributed by atoms with Gasteiger partial charge in [0, 0.05) is 5.92 Å². The van der Waals surface area contributed by atoms with Crippen molar-refractivity contribution in [2.24, 2.45) is 0 Å². The van der Waals surface area contributed by atoms with Crippen molar-refractivity contribution in [2.45, 2.75) is 37.3 Å². The van der Waals surface area contributed by atoms with E-state index in [1.807, 2.05) is 48.5 Å². The fourth-order valence-corrected chi connectivity index (χ4v) is 3.96. The number of carboxylic acid groups (broad SMARTS) is 1. The Morgan fingerprint density at radius 1 is 1.00 bits per heavy atom. The van der Waals surface area contributed by atoms with E-state index in [0.29, 0.717) is 0 Å². The number of hydrogen-bond acceptors (Lipinski definition) is 6. The van der Waals surface area contributed by atoms with Gasteiger partial charge in [0.2, 0.25) is 5.91 Å². The molecule has 2 aromatic rings. The van der Waals surface area contributed by atoms with E-state index in [1.165, 1.54) is 0 Å². The second-order valence-corrected chi connectivity index (χ2v) is 8.06. The third-order valence-electron chi connectivity index (χ3n) is 6.00. The minimum absolute atomic E-state index is 0.00739. The number of ether oxygens (including phenoxy) is 1. The van der Waals surface area contributed by atoms with E-state index in [0.717, 1.165) is 22.3 Å². The highest BCUT2D eigenvalue weighted by Crippen LogP contribution is 2.44. The molecular weight excluding hydrogens is 428 g/mol. The highest BCUT2D eigenvalue weighted by Gasteiger charge is 2.34. The molecule has 9 heteroatoms. The summed E-state index contributed by atoms with van der Waals surface area (Å²) in [4.78, 5) is 36.4. The van der Waals surface area contributed by atoms with Gasteiger partial charge in [0.15, 0.2) is 0 Å². The van der Waals surface area contributed by atoms with Crippen molar-refractivity contribution < 1.29 is 34.4 Å². The van der Waals surface area contributed by atoms with Gasteiger partial charge in [-0.1, -0.05) is 55.5 Å². The molecule has 176 valence electrons. The van der Waals surface area contributed by atoms with Gasteiger partial charge in [-0.25, -0.2) is 4.79 Å². The zero-order chi connectivity index (χ0) is 24.0. The number of carbonyl (C=O) groups is 3. The van der Waals surface area contributed by atoms with Crippen LogP contribution in [0.4, 0.5) is 4.79 Å². The summed E-state index contributed by atoms with van der Waals surface area (Å²) in [6.45, 7) is 0.568. The molecule has 2 amide bonds. The summed E-state index contributed by atoms with van der Waals surface area (Å²) in [5.74, 6) is -2.33. The number of rotatable bonds is 10. The first-order valence-corrected chi connectivity index (χ1v) is 10.7. The average molecular weight is 456 g/mol. The Kier molecular flexibility index (Phi) is 7.67. The number of carbonyl (C=O) groups excluding carboxylic acids is 2. The first kappa shape index (κ1) is 24.2. The van der Waals surface area contributed by atoms with Crippen LogP contribution in [-0.4, -0.2) is 64.7 Å². The largest absolute Gasteiger partial charge is 0.481 e. The van der Waals surface area contributed by atoms with Gasteiger partial charge in [-0.3, -0.25) is 9.59 Å². The molecule has 0 aliphatic heterocycles. The standard InChI is InChI=1S/C24H28N2O7/c1-2-24(13-27,14-28)26-22(31)20(11-21(29)30)25-23(32)33-12-19-17-9-5-3-7-15(17)16-8-4-6-10-18(16)19/h3-10,19-20,27-28H,2,11-14H2,1H3,(H,25,32)(H,26,31)(H,29,30). The fraction of sp³-hybridized carbons (Fsp3) is 0.375. The number of alkyl carbamates (subject to hydrolysis) is 1. The Hall–Kier alpha value is -3.43. The molecule has 9 nitrogen and oxygen atoms in total. The van der Waals surface area contributed by atoms with Gasteiger partial charge in [-0.15, -0.1) is 0 Å². The minimum atomic E-state index is -1.44. The van der Waals surface area contributed by atoms with E-state index in [9.17, 15) is 24.6 Å². The van der Waals surface area contributed by atoms with Crippen LogP contribution in [0.15, 0.2) is 48.5 Å². The molecule has 1 aliphatic rings. The number of aliphatic carboxylic acids is 1. The number of nitrogens with one attached hydrogen (secondary N) is 2. The maximum Gasteiger partial charge on any atom is 0.407 e. The van der Waals surface area contributed by atoms with Gasteiger partial charge in [-0.05, 0) is 28.7 Å². The molecule has 0 fully saturated rings. The van der Waals surface area contributed by atoms with Crippen LogP contribution in [-0.2, 0) is 14.3 Å². The Balaban J connectivity index is 1.69. The second kappa shape index (κ2) is 10.5. The van der Waals surface area contributed by atoms with Gasteiger partial charge >= 0.3 is 12.1 Å². The maximum atomic E-state index is 12.6. The van der Waals surface area contributed by atoms with Gasteiger partial charge in [0.25, 0.3) is 0 Å². The van der Waals surface area contributed by atoms with Crippen LogP contribution >= 0.6 is 0 Å². The van der Waals surface area contributed by atoms with E-state index < -0.39 is 49.2 Å². The molecule has 5 N–H and O–H groups in total. The average Bonchev–Trinajstić information content (AvgIpc) is 3.14. The number of carboxylic acids is 1. The molecule has 0 saturated carbocycles. The Bertz CT molecular complexity index is 966. The van der Waals surface area contributed by atoms with Crippen LogP contribution in [0.1, 0.15) is 36.8 Å². The van der Waals surface area contributed by atoms with Crippen LogP contribution < -0.4 is 10.6 Å². The molecule has 1 atom stereocenters. The van der Waals surface area contributed by atoms with Crippen molar-refractivity contribution in [3.05, 3.63) is 59.7 Å². The molecule has 0 spiro atoms. The summed E-state index contributed by atoms with van der Waals surface area (Å²) in [6.07, 6.45) is -1.42. The zero-order valence-corrected chi connectivity index (χ0v) is 18.3. The molecule has 0 bridgehead atoms. The Morgan fingerprint density at radius 2 is 1.55 bits per heavy atom. The van der Waals surface area contributed by atoms with E-state index >= 15 is 0 Å². The first-order valence-electron chi connectivity index (χ1n) is 10.7. The lowest BCUT2D eigenvalue weighted by atomic mass is 9.97. The maximum absolute atomic E-state index is 12.6. The topological polar surface area (TPSA) is 145 Å². The highest BCUT2D eigenvalue weighted by atomic mass is 16.5. The molecule has 1 aliphatic carbocycles. The van der Waals surface area contributed by atoms with Crippen molar-refractivity contribution >= 4 is 18.0 Å². The fourth-order valence-electron chi connectivity index (χ4n) is 3.96. The molecule has 2 aromatic carbocycles. The smallest absolute Gasteiger partial charge is 0.407 e. The summed E-state index contributed by atoms with van der Waals surface area (Å²) in [5, 5.41) is 33.0. The Morgan fingerprint density at radius 3 is 2.03 bits per heavy atom. The monoisotopic (exact) mass is 456 g/mol. The minimum Gasteiger partial charge on any atom is -0.481 e. The van der Waals surface area contributed by atoms with Gasteiger partial charge < -0.3 is 30.7 Å². The zero-order valence-electron chi connectivity index (χ0n) is 18.3. The quantitative estimate of drug-likeness (QED) is 0.365. The number of aliphatic hydroxyl groups is 2.